The number of rotatable bonds is 52. The molecule has 684 valence electrons. The molecule has 0 saturated heterocycles. The van der Waals surface area contributed by atoms with Gasteiger partial charge in [0, 0.05) is 0 Å². The first-order valence-electron chi connectivity index (χ1n) is 40.4. The van der Waals surface area contributed by atoms with Gasteiger partial charge in [0.25, 0.3) is 0 Å². The SMILES string of the molecule is C.C.C.CC(C)(C)C(=O)OCCOCCOCC(COCCOCCOC(=O)C(C)(C)C)(COCCOCCOC(=O)C(C)(C)C)COCCOCCOC(=O)C(C)(C)C.CC(C)(C)COCC(COCC(C)(C)C)(COCC(C)(C)C)COCC(C)(C)C.CC(C)(C)COCC(COCC(C)(C)C)OCC(C)(C)C.CCC. The van der Waals surface area contributed by atoms with E-state index in [1.165, 1.54) is 6.42 Å². The summed E-state index contributed by atoms with van der Waals surface area (Å²) in [6, 6.07) is 0. The highest BCUT2D eigenvalue weighted by Gasteiger charge is 2.36. The topological polar surface area (TPSA) is 244 Å². The van der Waals surface area contributed by atoms with E-state index in [-0.39, 0.29) is 228 Å². The van der Waals surface area contributed by atoms with Crippen LogP contribution in [0.1, 0.15) is 271 Å². The molecule has 0 aromatic rings. The van der Waals surface area contributed by atoms with Crippen molar-refractivity contribution in [2.45, 2.75) is 277 Å². The maximum atomic E-state index is 12.0. The second-order valence-corrected chi connectivity index (χ2v) is 41.8. The highest BCUT2D eigenvalue weighted by Crippen LogP contribution is 2.29. The van der Waals surface area contributed by atoms with E-state index in [4.69, 9.17) is 90.0 Å². The molecule has 0 unspecified atom stereocenters. The fourth-order valence-electron chi connectivity index (χ4n) is 7.97. The molecule has 0 radical (unpaired) electrons. The summed E-state index contributed by atoms with van der Waals surface area (Å²) in [4.78, 5) is 48.0. The largest absolute Gasteiger partial charge is 0.463 e. The lowest BCUT2D eigenvalue weighted by molar-refractivity contribution is -0.155. The number of hydrogen-bond donors (Lipinski definition) is 0. The van der Waals surface area contributed by atoms with Gasteiger partial charge >= 0.3 is 23.9 Å². The van der Waals surface area contributed by atoms with Gasteiger partial charge in [-0.1, -0.05) is 188 Å². The van der Waals surface area contributed by atoms with Crippen LogP contribution >= 0.6 is 0 Å². The van der Waals surface area contributed by atoms with E-state index in [0.29, 0.717) is 66.1 Å². The van der Waals surface area contributed by atoms with Crippen molar-refractivity contribution in [1.82, 2.24) is 0 Å². The lowest BCUT2D eigenvalue weighted by atomic mass is 9.90. The van der Waals surface area contributed by atoms with Crippen molar-refractivity contribution in [1.29, 1.82) is 0 Å². The Balaban J connectivity index is -0.000000333. The predicted molar refractivity (Wildman–Crippen MR) is 460 cm³/mol. The summed E-state index contributed by atoms with van der Waals surface area (Å²) < 4.78 is 110. The van der Waals surface area contributed by atoms with E-state index in [1.807, 2.05) is 0 Å². The fraction of sp³-hybridized carbons (Fsp3) is 0.956. The molecule has 0 saturated carbocycles. The Kier molecular flexibility index (Phi) is 68.2. The molecule has 23 nitrogen and oxygen atoms in total. The third kappa shape index (κ3) is 85.5. The van der Waals surface area contributed by atoms with Gasteiger partial charge in [-0.15, -0.1) is 0 Å². The third-order valence-electron chi connectivity index (χ3n) is 13.6. The van der Waals surface area contributed by atoms with E-state index >= 15 is 0 Å². The van der Waals surface area contributed by atoms with E-state index in [0.717, 1.165) is 19.8 Å². The summed E-state index contributed by atoms with van der Waals surface area (Å²) in [6.07, 6.45) is 1.26. The summed E-state index contributed by atoms with van der Waals surface area (Å²) in [5.74, 6) is -1.20. The number of hydrogen-bond acceptors (Lipinski definition) is 23. The van der Waals surface area contributed by atoms with Crippen molar-refractivity contribution in [2.24, 2.45) is 70.4 Å². The van der Waals surface area contributed by atoms with Crippen LogP contribution in [0.5, 0.6) is 0 Å². The van der Waals surface area contributed by atoms with Crippen LogP contribution in [0.3, 0.4) is 0 Å². The van der Waals surface area contributed by atoms with Crippen LogP contribution in [0.2, 0.25) is 0 Å². The molecular formula is C90H186O23. The van der Waals surface area contributed by atoms with Gasteiger partial charge < -0.3 is 90.0 Å². The molecule has 0 fully saturated rings. The highest BCUT2D eigenvalue weighted by molar-refractivity contribution is 5.76. The molecule has 0 amide bonds. The molecule has 0 spiro atoms. The van der Waals surface area contributed by atoms with Gasteiger partial charge in [0.05, 0.1) is 224 Å². The summed E-state index contributed by atoms with van der Waals surface area (Å²) in [5, 5.41) is 0. The zero-order valence-electron chi connectivity index (χ0n) is 77.5. The Morgan fingerprint density at radius 3 is 0.522 bits per heavy atom. The quantitative estimate of drug-likeness (QED) is 0.0312. The second kappa shape index (κ2) is 62.4. The van der Waals surface area contributed by atoms with Gasteiger partial charge in [-0.25, -0.2) is 0 Å². The molecule has 0 aliphatic heterocycles. The lowest BCUT2D eigenvalue weighted by Gasteiger charge is -2.36. The molecule has 23 heteroatoms. The maximum Gasteiger partial charge on any atom is 0.311 e. The molecule has 0 aromatic heterocycles. The van der Waals surface area contributed by atoms with Crippen molar-refractivity contribution < 1.29 is 109 Å². The van der Waals surface area contributed by atoms with Crippen molar-refractivity contribution in [2.75, 3.05) is 218 Å². The van der Waals surface area contributed by atoms with Crippen molar-refractivity contribution in [3.63, 3.8) is 0 Å². The molecule has 113 heavy (non-hydrogen) atoms. The molecule has 0 aliphatic carbocycles. The minimum absolute atomic E-state index is 0. The Morgan fingerprint density at radius 1 is 0.204 bits per heavy atom. The molecule has 0 bridgehead atoms. The third-order valence-corrected chi connectivity index (χ3v) is 13.6. The molecule has 0 heterocycles. The Labute approximate surface area is 695 Å². The Morgan fingerprint density at radius 2 is 0.354 bits per heavy atom. The van der Waals surface area contributed by atoms with Crippen LogP contribution in [0.4, 0.5) is 0 Å². The summed E-state index contributed by atoms with van der Waals surface area (Å²) in [6.45, 7) is 84.3. The predicted octanol–water partition coefficient (Wildman–Crippen LogP) is 18.6. The number of ether oxygens (including phenoxy) is 19. The van der Waals surface area contributed by atoms with E-state index < -0.39 is 27.1 Å². The first kappa shape index (κ1) is 123. The van der Waals surface area contributed by atoms with E-state index in [9.17, 15) is 19.2 Å². The molecule has 0 atom stereocenters. The summed E-state index contributed by atoms with van der Waals surface area (Å²) in [7, 11) is 0. The van der Waals surface area contributed by atoms with E-state index in [1.54, 1.807) is 83.1 Å². The first-order chi connectivity index (χ1) is 50.0. The highest BCUT2D eigenvalue weighted by atomic mass is 16.6. The minimum Gasteiger partial charge on any atom is -0.463 e. The van der Waals surface area contributed by atoms with Gasteiger partial charge in [0.15, 0.2) is 0 Å². The smallest absolute Gasteiger partial charge is 0.311 e. The zero-order chi connectivity index (χ0) is 85.9. The average molecular weight is 1640 g/mol. The molecule has 0 aromatic carbocycles. The van der Waals surface area contributed by atoms with Crippen LogP contribution in [-0.2, 0) is 109 Å². The van der Waals surface area contributed by atoms with Gasteiger partial charge in [-0.2, -0.15) is 0 Å². The Bertz CT molecular complexity index is 1990. The second-order valence-electron chi connectivity index (χ2n) is 41.8. The molecule has 0 N–H and O–H groups in total. The van der Waals surface area contributed by atoms with Crippen molar-refractivity contribution in [3.8, 4) is 0 Å². The zero-order valence-corrected chi connectivity index (χ0v) is 77.5. The van der Waals surface area contributed by atoms with Gasteiger partial charge in [0.1, 0.15) is 32.5 Å². The van der Waals surface area contributed by atoms with Gasteiger partial charge in [0.2, 0.25) is 0 Å². The molecular weight excluding hydrogens is 1450 g/mol. The molecule has 0 rings (SSSR count). The Hall–Kier alpha value is -2.72. The average Bonchev–Trinajstić information content (AvgIpc) is 0.830. The maximum absolute atomic E-state index is 12.0. The minimum atomic E-state index is -0.769. The first-order valence-corrected chi connectivity index (χ1v) is 40.4. The standard InChI is InChI=1S/C41H76O16.C25H52O4.C18H38O3.C3H8.3CH4/c1-37(2,3)33(42)54-25-21-46-13-17-50-29-41(30-51-18-14-47-22-26-55-34(43)38(4,5)6,31-52-19-15-48-23-27-56-35(44)39(7,8)9)32-53-20-16-49-24-28-57-36(45)40(10,11)12;1-21(2,3)13-26-17-25(18-27-14-22(4,5)6,19-28-15-23(7,8)9)20-29-16-24(10,11)12;1-16(2,3)12-19-10-15(21-14-18(7,8)9)11-20-13-17(4,5)6;1-3-2;;;/h13-32H2,1-12H3;13-20H2,1-12H3;15H,10-14H2,1-9H3;3H2,1-2H3;3*1H4. The van der Waals surface area contributed by atoms with Crippen LogP contribution in [-0.4, -0.2) is 248 Å². The van der Waals surface area contributed by atoms with Crippen LogP contribution < -0.4 is 0 Å². The van der Waals surface area contributed by atoms with Crippen molar-refractivity contribution in [3.05, 3.63) is 0 Å². The fourth-order valence-corrected chi connectivity index (χ4v) is 7.97. The lowest BCUT2D eigenvalue weighted by Crippen LogP contribution is -2.44. The molecule has 0 aliphatic rings. The summed E-state index contributed by atoms with van der Waals surface area (Å²) >= 11 is 0. The normalized spacial score (nSPS) is 12.9. The van der Waals surface area contributed by atoms with Gasteiger partial charge in [-0.3, -0.25) is 19.2 Å². The van der Waals surface area contributed by atoms with Crippen LogP contribution in [0, 0.1) is 70.4 Å². The monoisotopic (exact) mass is 1640 g/mol. The summed E-state index contributed by atoms with van der Waals surface area (Å²) in [5.41, 5.74) is -2.44. The van der Waals surface area contributed by atoms with Crippen LogP contribution in [0.15, 0.2) is 0 Å². The number of esters is 4. The number of carbonyl (C=O) groups is 4. The van der Waals surface area contributed by atoms with E-state index in [2.05, 4.69) is 159 Å². The van der Waals surface area contributed by atoms with Crippen LogP contribution in [0.25, 0.3) is 0 Å². The van der Waals surface area contributed by atoms with Crippen molar-refractivity contribution >= 4 is 23.9 Å². The van der Waals surface area contributed by atoms with Gasteiger partial charge in [-0.05, 0) is 121 Å². The number of carbonyl (C=O) groups excluding carboxylic acids is 4.